The van der Waals surface area contributed by atoms with Crippen molar-refractivity contribution in [3.05, 3.63) is 77.9 Å². The third-order valence-corrected chi connectivity index (χ3v) is 3.78. The van der Waals surface area contributed by atoms with Gasteiger partial charge in [0, 0.05) is 11.1 Å². The fourth-order valence-corrected chi connectivity index (χ4v) is 2.44. The summed E-state index contributed by atoms with van der Waals surface area (Å²) in [5.41, 5.74) is 3.39. The molecule has 27 heavy (non-hydrogen) atoms. The van der Waals surface area contributed by atoms with Crippen LogP contribution < -0.4 is 10.7 Å². The molecule has 0 fully saturated rings. The van der Waals surface area contributed by atoms with Crippen LogP contribution in [0, 0.1) is 0 Å². The van der Waals surface area contributed by atoms with Crippen molar-refractivity contribution in [3.63, 3.8) is 0 Å². The van der Waals surface area contributed by atoms with Crippen LogP contribution in [-0.4, -0.2) is 29.1 Å². The molecule has 0 aliphatic carbocycles. The number of anilines is 1. The normalized spacial score (nSPS) is 10.7. The van der Waals surface area contributed by atoms with Gasteiger partial charge in [0.15, 0.2) is 0 Å². The van der Waals surface area contributed by atoms with Crippen molar-refractivity contribution in [1.82, 2.24) is 5.43 Å². The summed E-state index contributed by atoms with van der Waals surface area (Å²) < 4.78 is 0. The number of fused-ring (bicyclic) bond motifs is 1. The second kappa shape index (κ2) is 7.92. The number of carbonyl (C=O) groups excluding carboxylic acids is 2. The van der Waals surface area contributed by atoms with Gasteiger partial charge in [-0.05, 0) is 29.1 Å². The Morgan fingerprint density at radius 1 is 0.852 bits per heavy atom. The molecule has 0 aliphatic heterocycles. The largest absolute Gasteiger partial charge is 0.478 e. The Balaban J connectivity index is 1.62. The van der Waals surface area contributed by atoms with Crippen LogP contribution in [0.4, 0.5) is 5.69 Å². The quantitative estimate of drug-likeness (QED) is 0.377. The van der Waals surface area contributed by atoms with Crippen molar-refractivity contribution in [2.75, 3.05) is 5.32 Å². The number of carboxylic acid groups (broad SMARTS) is 1. The first-order chi connectivity index (χ1) is 13.0. The highest BCUT2D eigenvalue weighted by Crippen LogP contribution is 2.22. The number of amides is 2. The van der Waals surface area contributed by atoms with Gasteiger partial charge in [-0.2, -0.15) is 5.10 Å². The van der Waals surface area contributed by atoms with E-state index in [4.69, 9.17) is 5.11 Å². The van der Waals surface area contributed by atoms with E-state index in [2.05, 4.69) is 15.8 Å². The van der Waals surface area contributed by atoms with Crippen LogP contribution in [0.5, 0.6) is 0 Å². The van der Waals surface area contributed by atoms with Gasteiger partial charge >= 0.3 is 17.8 Å². The van der Waals surface area contributed by atoms with Crippen LogP contribution >= 0.6 is 0 Å². The fraction of sp³-hybridized carbons (Fsp3) is 0. The zero-order valence-electron chi connectivity index (χ0n) is 14.0. The van der Waals surface area contributed by atoms with Crippen LogP contribution in [0.3, 0.4) is 0 Å². The lowest BCUT2D eigenvalue weighted by Crippen LogP contribution is -2.32. The van der Waals surface area contributed by atoms with Crippen LogP contribution in [0.1, 0.15) is 15.9 Å². The number of hydrogen-bond donors (Lipinski definition) is 3. The maximum Gasteiger partial charge on any atom is 0.335 e. The Hall–Kier alpha value is -4.00. The number of nitrogens with zero attached hydrogens (tertiary/aromatic N) is 1. The number of carboxylic acids is 1. The van der Waals surface area contributed by atoms with Crippen molar-refractivity contribution in [3.8, 4) is 0 Å². The molecule has 3 aromatic carbocycles. The van der Waals surface area contributed by atoms with Gasteiger partial charge < -0.3 is 10.4 Å². The molecule has 0 saturated carbocycles. The van der Waals surface area contributed by atoms with Gasteiger partial charge in [0.2, 0.25) is 0 Å². The van der Waals surface area contributed by atoms with E-state index in [9.17, 15) is 14.4 Å². The van der Waals surface area contributed by atoms with E-state index in [0.29, 0.717) is 11.3 Å². The van der Waals surface area contributed by atoms with Gasteiger partial charge in [-0.25, -0.2) is 10.2 Å². The second-order valence-electron chi connectivity index (χ2n) is 5.61. The minimum absolute atomic E-state index is 0.144. The standard InChI is InChI=1S/C20H15N3O4/c24-18(22-17-7-3-5-14-4-1-2-6-16(14)17)19(25)23-21-12-13-8-10-15(11-9-13)20(26)27/h1-12H,(H,22,24)(H,23,25)(H,26,27)/b21-12+. The van der Waals surface area contributed by atoms with Gasteiger partial charge in [-0.3, -0.25) is 9.59 Å². The maximum atomic E-state index is 12.1. The first-order valence-corrected chi connectivity index (χ1v) is 8.00. The third-order valence-electron chi connectivity index (χ3n) is 3.78. The third kappa shape index (κ3) is 4.35. The Morgan fingerprint density at radius 2 is 1.56 bits per heavy atom. The zero-order valence-corrected chi connectivity index (χ0v) is 14.0. The minimum Gasteiger partial charge on any atom is -0.478 e. The van der Waals surface area contributed by atoms with E-state index in [0.717, 1.165) is 10.8 Å². The van der Waals surface area contributed by atoms with E-state index < -0.39 is 17.8 Å². The molecule has 0 saturated heterocycles. The molecule has 134 valence electrons. The lowest BCUT2D eigenvalue weighted by Gasteiger charge is -2.07. The Labute approximate surface area is 154 Å². The minimum atomic E-state index is -1.03. The summed E-state index contributed by atoms with van der Waals surface area (Å²) in [6.07, 6.45) is 1.31. The van der Waals surface area contributed by atoms with Crippen LogP contribution in [0.25, 0.3) is 10.8 Å². The molecule has 3 aromatic rings. The van der Waals surface area contributed by atoms with Gasteiger partial charge in [0.25, 0.3) is 0 Å². The summed E-state index contributed by atoms with van der Waals surface area (Å²) >= 11 is 0. The average Bonchev–Trinajstić information content (AvgIpc) is 2.68. The van der Waals surface area contributed by atoms with Gasteiger partial charge in [0.1, 0.15) is 0 Å². The van der Waals surface area contributed by atoms with Crippen LogP contribution in [-0.2, 0) is 9.59 Å². The molecule has 0 heterocycles. The number of rotatable bonds is 4. The molecule has 3 rings (SSSR count). The van der Waals surface area contributed by atoms with Crippen molar-refractivity contribution in [1.29, 1.82) is 0 Å². The van der Waals surface area contributed by atoms with Crippen LogP contribution in [0.2, 0.25) is 0 Å². The molecular weight excluding hydrogens is 346 g/mol. The number of hydrazone groups is 1. The zero-order chi connectivity index (χ0) is 19.2. The second-order valence-corrected chi connectivity index (χ2v) is 5.61. The fourth-order valence-electron chi connectivity index (χ4n) is 2.44. The molecule has 7 heteroatoms. The molecule has 0 unspecified atom stereocenters. The van der Waals surface area contributed by atoms with Crippen molar-refractivity contribution >= 4 is 40.5 Å². The van der Waals surface area contributed by atoms with E-state index in [1.165, 1.54) is 30.5 Å². The summed E-state index contributed by atoms with van der Waals surface area (Å²) in [5, 5.41) is 16.9. The van der Waals surface area contributed by atoms with E-state index in [1.807, 2.05) is 30.3 Å². The number of nitrogens with one attached hydrogen (secondary N) is 2. The highest BCUT2D eigenvalue weighted by Gasteiger charge is 2.14. The first kappa shape index (κ1) is 17.8. The summed E-state index contributed by atoms with van der Waals surface area (Å²) in [4.78, 5) is 34.7. The van der Waals surface area contributed by atoms with E-state index in [1.54, 1.807) is 12.1 Å². The molecule has 3 N–H and O–H groups in total. The molecular formula is C20H15N3O4. The highest BCUT2D eigenvalue weighted by molar-refractivity contribution is 6.40. The first-order valence-electron chi connectivity index (χ1n) is 8.00. The predicted molar refractivity (Wildman–Crippen MR) is 102 cm³/mol. The highest BCUT2D eigenvalue weighted by atomic mass is 16.4. The topological polar surface area (TPSA) is 108 Å². The van der Waals surface area contributed by atoms with Crippen molar-refractivity contribution < 1.29 is 19.5 Å². The molecule has 0 aromatic heterocycles. The molecule has 7 nitrogen and oxygen atoms in total. The van der Waals surface area contributed by atoms with Crippen LogP contribution in [0.15, 0.2) is 71.8 Å². The molecule has 0 radical (unpaired) electrons. The number of hydrogen-bond acceptors (Lipinski definition) is 4. The molecule has 0 aliphatic rings. The van der Waals surface area contributed by atoms with Gasteiger partial charge in [-0.1, -0.05) is 48.5 Å². The summed E-state index contributed by atoms with van der Waals surface area (Å²) in [5.74, 6) is -2.79. The molecule has 0 bridgehead atoms. The van der Waals surface area contributed by atoms with Gasteiger partial charge in [-0.15, -0.1) is 0 Å². The summed E-state index contributed by atoms with van der Waals surface area (Å²) in [6.45, 7) is 0. The average molecular weight is 361 g/mol. The van der Waals surface area contributed by atoms with E-state index in [-0.39, 0.29) is 5.56 Å². The van der Waals surface area contributed by atoms with Crippen molar-refractivity contribution in [2.24, 2.45) is 5.10 Å². The molecule has 0 atom stereocenters. The maximum absolute atomic E-state index is 12.1. The predicted octanol–water partition coefficient (Wildman–Crippen LogP) is 2.63. The lowest BCUT2D eigenvalue weighted by molar-refractivity contribution is -0.136. The van der Waals surface area contributed by atoms with E-state index >= 15 is 0 Å². The Morgan fingerprint density at radius 3 is 2.30 bits per heavy atom. The summed E-state index contributed by atoms with van der Waals surface area (Å²) in [6, 6.07) is 18.8. The molecule has 2 amide bonds. The summed E-state index contributed by atoms with van der Waals surface area (Å²) in [7, 11) is 0. The lowest BCUT2D eigenvalue weighted by atomic mass is 10.1. The Kier molecular flexibility index (Phi) is 5.22. The van der Waals surface area contributed by atoms with Gasteiger partial charge in [0.05, 0.1) is 11.8 Å². The number of carbonyl (C=O) groups is 3. The number of benzene rings is 3. The Bertz CT molecular complexity index is 1040. The molecule has 0 spiro atoms. The van der Waals surface area contributed by atoms with Crippen molar-refractivity contribution in [2.45, 2.75) is 0 Å². The number of aromatic carboxylic acids is 1. The monoisotopic (exact) mass is 361 g/mol. The smallest absolute Gasteiger partial charge is 0.335 e. The SMILES string of the molecule is O=C(N/N=C/c1ccc(C(=O)O)cc1)C(=O)Nc1cccc2ccccc12.